The number of hydrogen-bond donors (Lipinski definition) is 0. The summed E-state index contributed by atoms with van der Waals surface area (Å²) in [5.74, 6) is 2.00. The van der Waals surface area contributed by atoms with Crippen molar-refractivity contribution in [2.24, 2.45) is 5.41 Å². The van der Waals surface area contributed by atoms with Gasteiger partial charge in [-0.05, 0) is 31.0 Å². The lowest BCUT2D eigenvalue weighted by Gasteiger charge is -2.51. The zero-order valence-electron chi connectivity index (χ0n) is 17.2. The lowest BCUT2D eigenvalue weighted by atomic mass is 9.73. The smallest absolute Gasteiger partial charge is 0.231 e. The molecule has 0 saturated carbocycles. The summed E-state index contributed by atoms with van der Waals surface area (Å²) >= 11 is 0. The molecule has 0 atom stereocenters. The molecule has 1 aromatic heterocycles. The average Bonchev–Trinajstić information content (AvgIpc) is 3.19. The molecular formula is C21H29N5O3. The lowest BCUT2D eigenvalue weighted by molar-refractivity contribution is -0.158. The van der Waals surface area contributed by atoms with E-state index in [9.17, 15) is 4.79 Å². The van der Waals surface area contributed by atoms with Crippen molar-refractivity contribution in [3.8, 4) is 5.75 Å². The van der Waals surface area contributed by atoms with Gasteiger partial charge in [-0.1, -0.05) is 12.1 Å². The predicted octanol–water partition coefficient (Wildman–Crippen LogP) is 1.21. The Morgan fingerprint density at radius 2 is 2.07 bits per heavy atom. The SMILES string of the molecule is CCn1ncnc1CN1CC(Cc2cccc(OC)c2)(C(=O)N2CCOCC2)C1. The molecule has 3 heterocycles. The Morgan fingerprint density at radius 3 is 2.79 bits per heavy atom. The average molecular weight is 399 g/mol. The van der Waals surface area contributed by atoms with Crippen molar-refractivity contribution in [2.45, 2.75) is 26.4 Å². The first-order valence-electron chi connectivity index (χ1n) is 10.2. The van der Waals surface area contributed by atoms with Gasteiger partial charge in [0.1, 0.15) is 17.9 Å². The van der Waals surface area contributed by atoms with Crippen LogP contribution in [-0.4, -0.2) is 77.0 Å². The molecule has 156 valence electrons. The molecule has 2 aliphatic rings. The largest absolute Gasteiger partial charge is 0.497 e. The molecule has 0 spiro atoms. The second kappa shape index (κ2) is 8.51. The molecule has 1 aromatic carbocycles. The Kier molecular flexibility index (Phi) is 5.82. The number of morpholine rings is 1. The van der Waals surface area contributed by atoms with Crippen LogP contribution in [0.2, 0.25) is 0 Å². The summed E-state index contributed by atoms with van der Waals surface area (Å²) in [7, 11) is 1.67. The monoisotopic (exact) mass is 399 g/mol. The van der Waals surface area contributed by atoms with Crippen molar-refractivity contribution in [3.05, 3.63) is 42.0 Å². The summed E-state index contributed by atoms with van der Waals surface area (Å²) in [5.41, 5.74) is 0.711. The van der Waals surface area contributed by atoms with E-state index in [1.807, 2.05) is 27.8 Å². The molecule has 0 bridgehead atoms. The highest BCUT2D eigenvalue weighted by atomic mass is 16.5. The standard InChI is InChI=1S/C21H29N5O3/c1-3-26-19(22-16-23-26)13-24-14-21(15-24,20(27)25-7-9-29-10-8-25)12-17-5-4-6-18(11-17)28-2/h4-6,11,16H,3,7-10,12-15H2,1-2H3. The fraction of sp³-hybridized carbons (Fsp3) is 0.571. The van der Waals surface area contributed by atoms with E-state index in [0.717, 1.165) is 36.8 Å². The number of aromatic nitrogens is 3. The molecule has 29 heavy (non-hydrogen) atoms. The number of benzene rings is 1. The van der Waals surface area contributed by atoms with Crippen LogP contribution in [0.5, 0.6) is 5.75 Å². The second-order valence-electron chi connectivity index (χ2n) is 7.85. The molecule has 2 saturated heterocycles. The van der Waals surface area contributed by atoms with Crippen LogP contribution in [-0.2, 0) is 29.0 Å². The number of likely N-dealkylation sites (tertiary alicyclic amines) is 1. The summed E-state index contributed by atoms with van der Waals surface area (Å²) in [4.78, 5) is 22.1. The Morgan fingerprint density at radius 1 is 1.28 bits per heavy atom. The maximum absolute atomic E-state index is 13.5. The third kappa shape index (κ3) is 4.13. The molecule has 4 rings (SSSR count). The zero-order valence-corrected chi connectivity index (χ0v) is 17.2. The first kappa shape index (κ1) is 19.8. The molecule has 8 heteroatoms. The first-order valence-corrected chi connectivity index (χ1v) is 10.2. The number of methoxy groups -OCH3 is 1. The van der Waals surface area contributed by atoms with Crippen molar-refractivity contribution in [1.29, 1.82) is 0 Å². The molecule has 0 unspecified atom stereocenters. The van der Waals surface area contributed by atoms with Gasteiger partial charge in [-0.2, -0.15) is 5.10 Å². The number of rotatable bonds is 7. The molecule has 8 nitrogen and oxygen atoms in total. The van der Waals surface area contributed by atoms with Crippen LogP contribution in [0.25, 0.3) is 0 Å². The molecule has 2 aromatic rings. The van der Waals surface area contributed by atoms with E-state index in [2.05, 4.69) is 28.0 Å². The molecule has 0 N–H and O–H groups in total. The van der Waals surface area contributed by atoms with Crippen molar-refractivity contribution >= 4 is 5.91 Å². The summed E-state index contributed by atoms with van der Waals surface area (Å²) in [6.07, 6.45) is 2.30. The molecule has 1 amide bonds. The Labute approximate surface area is 171 Å². The highest BCUT2D eigenvalue weighted by molar-refractivity contribution is 5.85. The highest BCUT2D eigenvalue weighted by Crippen LogP contribution is 2.38. The third-order valence-electron chi connectivity index (χ3n) is 5.84. The van der Waals surface area contributed by atoms with Crippen molar-refractivity contribution in [3.63, 3.8) is 0 Å². The maximum Gasteiger partial charge on any atom is 0.231 e. The van der Waals surface area contributed by atoms with Gasteiger partial charge in [-0.3, -0.25) is 9.69 Å². The number of ether oxygens (including phenoxy) is 2. The molecule has 0 radical (unpaired) electrons. The van der Waals surface area contributed by atoms with Gasteiger partial charge in [0.25, 0.3) is 0 Å². The fourth-order valence-electron chi connectivity index (χ4n) is 4.39. The summed E-state index contributed by atoms with van der Waals surface area (Å²) < 4.78 is 12.7. The Bertz CT molecular complexity index is 840. The van der Waals surface area contributed by atoms with E-state index in [0.29, 0.717) is 39.3 Å². The van der Waals surface area contributed by atoms with Gasteiger partial charge in [0.2, 0.25) is 5.91 Å². The first-order chi connectivity index (χ1) is 14.1. The number of hydrogen-bond acceptors (Lipinski definition) is 6. The van der Waals surface area contributed by atoms with Crippen LogP contribution >= 0.6 is 0 Å². The molecule has 0 aliphatic carbocycles. The van der Waals surface area contributed by atoms with Gasteiger partial charge < -0.3 is 14.4 Å². The highest BCUT2D eigenvalue weighted by Gasteiger charge is 2.51. The summed E-state index contributed by atoms with van der Waals surface area (Å²) in [6, 6.07) is 8.03. The number of carbonyl (C=O) groups is 1. The number of nitrogens with zero attached hydrogens (tertiary/aromatic N) is 5. The fourth-order valence-corrected chi connectivity index (χ4v) is 4.39. The van der Waals surface area contributed by atoms with Gasteiger partial charge in [0, 0.05) is 32.7 Å². The van der Waals surface area contributed by atoms with Crippen molar-refractivity contribution < 1.29 is 14.3 Å². The minimum Gasteiger partial charge on any atom is -0.497 e. The van der Waals surface area contributed by atoms with Gasteiger partial charge >= 0.3 is 0 Å². The van der Waals surface area contributed by atoms with Crippen molar-refractivity contribution in [1.82, 2.24) is 24.6 Å². The normalized spacial score (nSPS) is 19.0. The quantitative estimate of drug-likeness (QED) is 0.697. The van der Waals surface area contributed by atoms with Crippen LogP contribution in [0.1, 0.15) is 18.3 Å². The van der Waals surface area contributed by atoms with Crippen LogP contribution in [0.4, 0.5) is 0 Å². The number of amides is 1. The third-order valence-corrected chi connectivity index (χ3v) is 5.84. The Balaban J connectivity index is 1.51. The van der Waals surface area contributed by atoms with Crippen molar-refractivity contribution in [2.75, 3.05) is 46.5 Å². The van der Waals surface area contributed by atoms with E-state index in [1.165, 1.54) is 0 Å². The summed E-state index contributed by atoms with van der Waals surface area (Å²) in [5, 5.41) is 4.25. The van der Waals surface area contributed by atoms with E-state index in [1.54, 1.807) is 13.4 Å². The van der Waals surface area contributed by atoms with E-state index in [-0.39, 0.29) is 5.91 Å². The van der Waals surface area contributed by atoms with Gasteiger partial charge in [0.15, 0.2) is 0 Å². The van der Waals surface area contributed by atoms with Crippen LogP contribution in [0.3, 0.4) is 0 Å². The van der Waals surface area contributed by atoms with Gasteiger partial charge in [0.05, 0.1) is 32.3 Å². The number of aryl methyl sites for hydroxylation is 1. The second-order valence-corrected chi connectivity index (χ2v) is 7.85. The summed E-state index contributed by atoms with van der Waals surface area (Å²) in [6.45, 7) is 7.58. The Hall–Kier alpha value is -2.45. The predicted molar refractivity (Wildman–Crippen MR) is 108 cm³/mol. The minimum absolute atomic E-state index is 0.233. The maximum atomic E-state index is 13.5. The molecular weight excluding hydrogens is 370 g/mol. The molecule has 2 fully saturated rings. The van der Waals surface area contributed by atoms with Gasteiger partial charge in [-0.15, -0.1) is 0 Å². The van der Waals surface area contributed by atoms with Crippen LogP contribution in [0.15, 0.2) is 30.6 Å². The zero-order chi connectivity index (χ0) is 20.3. The van der Waals surface area contributed by atoms with E-state index >= 15 is 0 Å². The van der Waals surface area contributed by atoms with Crippen LogP contribution in [0, 0.1) is 5.41 Å². The minimum atomic E-state index is -0.416. The van der Waals surface area contributed by atoms with Gasteiger partial charge in [-0.25, -0.2) is 9.67 Å². The van der Waals surface area contributed by atoms with Crippen LogP contribution < -0.4 is 4.74 Å². The molecule has 2 aliphatic heterocycles. The van der Waals surface area contributed by atoms with E-state index in [4.69, 9.17) is 9.47 Å². The number of carbonyl (C=O) groups excluding carboxylic acids is 1. The lowest BCUT2D eigenvalue weighted by Crippen LogP contribution is -2.65. The van der Waals surface area contributed by atoms with E-state index < -0.39 is 5.41 Å². The topological polar surface area (TPSA) is 72.7 Å².